The lowest BCUT2D eigenvalue weighted by Gasteiger charge is -2.31. The number of carbonyl (C=O) groups excluding carboxylic acids is 1. The highest BCUT2D eigenvalue weighted by molar-refractivity contribution is 5.76. The van der Waals surface area contributed by atoms with Crippen LogP contribution in [0.2, 0.25) is 0 Å². The molecular weight excluding hydrogens is 199 g/mol. The Morgan fingerprint density at radius 2 is 2.00 bits per heavy atom. The lowest BCUT2D eigenvalue weighted by Crippen LogP contribution is -2.39. The van der Waals surface area contributed by atoms with E-state index in [0.29, 0.717) is 12.8 Å². The average molecular weight is 211 g/mol. The van der Waals surface area contributed by atoms with E-state index in [1.165, 1.54) is 0 Å². The average Bonchev–Trinajstić information content (AvgIpc) is 1.92. The maximum atomic E-state index is 11.7. The van der Waals surface area contributed by atoms with Gasteiger partial charge in [-0.1, -0.05) is 0 Å². The molecule has 1 rings (SSSR count). The molecule has 0 unspecified atom stereocenters. The summed E-state index contributed by atoms with van der Waals surface area (Å²) >= 11 is 0. The lowest BCUT2D eigenvalue weighted by molar-refractivity contribution is -0.154. The second-order valence-corrected chi connectivity index (χ2v) is 3.59. The zero-order chi connectivity index (χ0) is 10.8. The van der Waals surface area contributed by atoms with Gasteiger partial charge in [-0.25, -0.2) is 0 Å². The minimum absolute atomic E-state index is 0.127. The van der Waals surface area contributed by atoms with Gasteiger partial charge in [0.1, 0.15) is 6.42 Å². The monoisotopic (exact) mass is 211 g/mol. The molecule has 0 aromatic rings. The van der Waals surface area contributed by atoms with E-state index in [4.69, 9.17) is 5.11 Å². The van der Waals surface area contributed by atoms with Gasteiger partial charge in [-0.15, -0.1) is 0 Å². The molecule has 0 aromatic carbocycles. The first-order chi connectivity index (χ1) is 6.37. The Bertz CT molecular complexity index is 211. The molecule has 0 spiro atoms. The zero-order valence-electron chi connectivity index (χ0n) is 7.47. The maximum absolute atomic E-state index is 11.7. The molecule has 1 fully saturated rings. The molecule has 1 amide bonds. The van der Waals surface area contributed by atoms with Crippen molar-refractivity contribution in [3.63, 3.8) is 0 Å². The third kappa shape index (κ3) is 3.95. The fourth-order valence-corrected chi connectivity index (χ4v) is 1.37. The van der Waals surface area contributed by atoms with Gasteiger partial charge in [0.15, 0.2) is 0 Å². The molecule has 6 heteroatoms. The van der Waals surface area contributed by atoms with E-state index < -0.39 is 18.5 Å². The molecule has 3 nitrogen and oxygen atoms in total. The summed E-state index contributed by atoms with van der Waals surface area (Å²) < 4.78 is 35.1. The summed E-state index contributed by atoms with van der Waals surface area (Å²) in [6.45, 7) is 0.228. The summed E-state index contributed by atoms with van der Waals surface area (Å²) in [5.41, 5.74) is 0. The van der Waals surface area contributed by atoms with Crippen LogP contribution in [-0.4, -0.2) is 29.8 Å². The molecule has 1 saturated carbocycles. The summed E-state index contributed by atoms with van der Waals surface area (Å²) in [5.74, 6) is -0.874. The molecule has 0 bridgehead atoms. The number of aliphatic hydroxyl groups is 1. The summed E-state index contributed by atoms with van der Waals surface area (Å²) in [5, 5.41) is 11.1. The van der Waals surface area contributed by atoms with Crippen LogP contribution in [0.25, 0.3) is 0 Å². The van der Waals surface area contributed by atoms with E-state index in [1.807, 2.05) is 0 Å². The predicted molar refractivity (Wildman–Crippen MR) is 42.4 cm³/mol. The molecule has 1 aliphatic rings. The first-order valence-electron chi connectivity index (χ1n) is 4.38. The minimum Gasteiger partial charge on any atom is -0.393 e. The molecule has 1 aliphatic carbocycles. The van der Waals surface area contributed by atoms with E-state index in [9.17, 15) is 18.0 Å². The Kier molecular flexibility index (Phi) is 3.36. The Hall–Kier alpha value is -0.780. The van der Waals surface area contributed by atoms with Crippen molar-refractivity contribution in [3.8, 4) is 0 Å². The quantitative estimate of drug-likeness (QED) is 0.726. The van der Waals surface area contributed by atoms with Gasteiger partial charge >= 0.3 is 6.18 Å². The van der Waals surface area contributed by atoms with Crippen molar-refractivity contribution in [2.75, 3.05) is 6.54 Å². The van der Waals surface area contributed by atoms with Crippen molar-refractivity contribution in [2.24, 2.45) is 5.92 Å². The summed E-state index contributed by atoms with van der Waals surface area (Å²) in [6.07, 6.45) is -5.09. The summed E-state index contributed by atoms with van der Waals surface area (Å²) in [6, 6.07) is 0. The van der Waals surface area contributed by atoms with Gasteiger partial charge in [0.2, 0.25) is 5.91 Å². The number of carbonyl (C=O) groups is 1. The molecular formula is C8H12F3NO2. The Balaban J connectivity index is 2.10. The van der Waals surface area contributed by atoms with Crippen LogP contribution in [0, 0.1) is 5.92 Å². The topological polar surface area (TPSA) is 49.3 Å². The van der Waals surface area contributed by atoms with Crippen LogP contribution in [0.1, 0.15) is 19.3 Å². The van der Waals surface area contributed by atoms with Crippen LogP contribution < -0.4 is 5.32 Å². The van der Waals surface area contributed by atoms with Crippen molar-refractivity contribution >= 4 is 5.91 Å². The number of aliphatic hydroxyl groups excluding tert-OH is 1. The molecule has 2 N–H and O–H groups in total. The van der Waals surface area contributed by atoms with Crippen molar-refractivity contribution < 1.29 is 23.1 Å². The second-order valence-electron chi connectivity index (χ2n) is 3.59. The van der Waals surface area contributed by atoms with Gasteiger partial charge in [0.05, 0.1) is 6.10 Å². The van der Waals surface area contributed by atoms with Gasteiger partial charge in [-0.05, 0) is 18.8 Å². The van der Waals surface area contributed by atoms with Crippen LogP contribution in [0.15, 0.2) is 0 Å². The van der Waals surface area contributed by atoms with Crippen molar-refractivity contribution in [1.29, 1.82) is 0 Å². The molecule has 14 heavy (non-hydrogen) atoms. The Morgan fingerprint density at radius 1 is 1.43 bits per heavy atom. The molecule has 82 valence electrons. The van der Waals surface area contributed by atoms with Gasteiger partial charge in [-0.2, -0.15) is 13.2 Å². The van der Waals surface area contributed by atoms with Crippen LogP contribution >= 0.6 is 0 Å². The number of rotatable bonds is 3. The lowest BCUT2D eigenvalue weighted by atomic mass is 9.82. The van der Waals surface area contributed by atoms with Gasteiger partial charge in [-0.3, -0.25) is 4.79 Å². The Labute approximate surface area is 79.3 Å². The predicted octanol–water partition coefficient (Wildman–Crippen LogP) is 0.826. The van der Waals surface area contributed by atoms with Crippen molar-refractivity contribution in [1.82, 2.24) is 5.32 Å². The molecule has 0 aromatic heterocycles. The van der Waals surface area contributed by atoms with Gasteiger partial charge < -0.3 is 10.4 Å². The summed E-state index contributed by atoms with van der Waals surface area (Å²) in [4.78, 5) is 10.7. The van der Waals surface area contributed by atoms with Crippen LogP contribution in [-0.2, 0) is 4.79 Å². The van der Waals surface area contributed by atoms with Crippen molar-refractivity contribution in [2.45, 2.75) is 31.5 Å². The van der Waals surface area contributed by atoms with E-state index in [2.05, 4.69) is 5.32 Å². The fraction of sp³-hybridized carbons (Fsp3) is 0.875. The normalized spacial score (nSPS) is 26.9. The highest BCUT2D eigenvalue weighted by atomic mass is 19.4. The molecule has 0 aliphatic heterocycles. The van der Waals surface area contributed by atoms with E-state index >= 15 is 0 Å². The number of hydrogen-bond acceptors (Lipinski definition) is 2. The summed E-state index contributed by atoms with van der Waals surface area (Å²) in [7, 11) is 0. The highest BCUT2D eigenvalue weighted by Crippen LogP contribution is 2.26. The zero-order valence-corrected chi connectivity index (χ0v) is 7.47. The minimum atomic E-state index is -4.44. The molecule has 0 saturated heterocycles. The van der Waals surface area contributed by atoms with E-state index in [1.54, 1.807) is 0 Å². The van der Waals surface area contributed by atoms with Gasteiger partial charge in [0.25, 0.3) is 0 Å². The molecule has 0 atom stereocenters. The number of alkyl halides is 3. The standard InChI is InChI=1S/C8H12F3NO2/c9-8(10,11)3-7(14)12-4-5-1-6(13)2-5/h5-6,13H,1-4H2,(H,12,14). The number of hydrogen-bond donors (Lipinski definition) is 2. The van der Waals surface area contributed by atoms with Crippen molar-refractivity contribution in [3.05, 3.63) is 0 Å². The van der Waals surface area contributed by atoms with E-state index in [-0.39, 0.29) is 18.6 Å². The van der Waals surface area contributed by atoms with E-state index in [0.717, 1.165) is 0 Å². The Morgan fingerprint density at radius 3 is 2.43 bits per heavy atom. The SMILES string of the molecule is O=C(CC(F)(F)F)NCC1CC(O)C1. The molecule has 0 radical (unpaired) electrons. The fourth-order valence-electron chi connectivity index (χ4n) is 1.37. The van der Waals surface area contributed by atoms with Crippen LogP contribution in [0.4, 0.5) is 13.2 Å². The van der Waals surface area contributed by atoms with Crippen LogP contribution in [0.5, 0.6) is 0 Å². The third-order valence-corrected chi connectivity index (χ3v) is 2.16. The first-order valence-corrected chi connectivity index (χ1v) is 4.38. The maximum Gasteiger partial charge on any atom is 0.397 e. The second kappa shape index (κ2) is 4.16. The highest BCUT2D eigenvalue weighted by Gasteiger charge is 2.32. The van der Waals surface area contributed by atoms with Gasteiger partial charge in [0, 0.05) is 6.54 Å². The third-order valence-electron chi connectivity index (χ3n) is 2.16. The smallest absolute Gasteiger partial charge is 0.393 e. The number of nitrogens with one attached hydrogen (secondary N) is 1. The number of halogens is 3. The number of amides is 1. The molecule has 0 heterocycles. The van der Waals surface area contributed by atoms with Crippen LogP contribution in [0.3, 0.4) is 0 Å². The largest absolute Gasteiger partial charge is 0.397 e. The first kappa shape index (κ1) is 11.3.